The number of aliphatic imine (C=N–C) groups is 1. The molecule has 0 bridgehead atoms. The SMILES string of the molecule is C=Nc1cnccc1NCc1ccc(N2CCCC2)cc1. The van der Waals surface area contributed by atoms with Crippen LogP contribution in [0.5, 0.6) is 0 Å². The Morgan fingerprint density at radius 2 is 1.90 bits per heavy atom. The van der Waals surface area contributed by atoms with Crippen LogP contribution in [-0.2, 0) is 6.54 Å². The summed E-state index contributed by atoms with van der Waals surface area (Å²) in [5.74, 6) is 0. The van der Waals surface area contributed by atoms with Crippen molar-refractivity contribution in [1.82, 2.24) is 4.98 Å². The number of rotatable bonds is 5. The molecule has 0 spiro atoms. The van der Waals surface area contributed by atoms with Crippen LogP contribution in [0.25, 0.3) is 0 Å². The molecule has 0 radical (unpaired) electrons. The third-order valence-electron chi connectivity index (χ3n) is 3.86. The number of aromatic nitrogens is 1. The van der Waals surface area contributed by atoms with Crippen LogP contribution in [0.1, 0.15) is 18.4 Å². The van der Waals surface area contributed by atoms with Crippen LogP contribution in [0.4, 0.5) is 17.1 Å². The second-order valence-corrected chi connectivity index (χ2v) is 5.27. The van der Waals surface area contributed by atoms with Gasteiger partial charge in [-0.1, -0.05) is 12.1 Å². The number of pyridine rings is 1. The van der Waals surface area contributed by atoms with E-state index in [-0.39, 0.29) is 0 Å². The predicted molar refractivity (Wildman–Crippen MR) is 88.7 cm³/mol. The predicted octanol–water partition coefficient (Wildman–Crippen LogP) is 3.63. The van der Waals surface area contributed by atoms with Gasteiger partial charge in [0.15, 0.2) is 0 Å². The highest BCUT2D eigenvalue weighted by Gasteiger charge is 2.11. The van der Waals surface area contributed by atoms with Gasteiger partial charge in [-0.3, -0.25) is 9.98 Å². The maximum atomic E-state index is 4.05. The maximum absolute atomic E-state index is 4.05. The van der Waals surface area contributed by atoms with Crippen molar-refractivity contribution in [2.24, 2.45) is 4.99 Å². The van der Waals surface area contributed by atoms with Gasteiger partial charge in [0.05, 0.1) is 11.9 Å². The Bertz CT molecular complexity index is 600. The summed E-state index contributed by atoms with van der Waals surface area (Å²) >= 11 is 0. The Kier molecular flexibility index (Phi) is 4.15. The highest BCUT2D eigenvalue weighted by molar-refractivity contribution is 5.66. The van der Waals surface area contributed by atoms with E-state index in [1.807, 2.05) is 6.07 Å². The van der Waals surface area contributed by atoms with Crippen molar-refractivity contribution in [2.45, 2.75) is 19.4 Å². The molecule has 2 heterocycles. The van der Waals surface area contributed by atoms with E-state index < -0.39 is 0 Å². The second-order valence-electron chi connectivity index (χ2n) is 5.27. The van der Waals surface area contributed by atoms with E-state index in [4.69, 9.17) is 0 Å². The molecule has 4 nitrogen and oxygen atoms in total. The smallest absolute Gasteiger partial charge is 0.104 e. The van der Waals surface area contributed by atoms with Crippen LogP contribution in [0.15, 0.2) is 47.7 Å². The number of benzene rings is 1. The lowest BCUT2D eigenvalue weighted by Gasteiger charge is -2.18. The van der Waals surface area contributed by atoms with Crippen molar-refractivity contribution in [3.8, 4) is 0 Å². The number of nitrogens with zero attached hydrogens (tertiary/aromatic N) is 3. The Balaban J connectivity index is 1.64. The lowest BCUT2D eigenvalue weighted by Crippen LogP contribution is -2.17. The molecule has 1 N–H and O–H groups in total. The fourth-order valence-corrected chi connectivity index (χ4v) is 2.66. The second kappa shape index (κ2) is 6.39. The van der Waals surface area contributed by atoms with Crippen LogP contribution in [0.3, 0.4) is 0 Å². The average Bonchev–Trinajstić information content (AvgIpc) is 3.08. The van der Waals surface area contributed by atoms with Crippen molar-refractivity contribution in [3.05, 3.63) is 48.3 Å². The Hall–Kier alpha value is -2.36. The molecule has 108 valence electrons. The minimum absolute atomic E-state index is 0.771. The van der Waals surface area contributed by atoms with Gasteiger partial charge in [0.25, 0.3) is 0 Å². The quantitative estimate of drug-likeness (QED) is 0.850. The van der Waals surface area contributed by atoms with E-state index in [0.717, 1.165) is 17.9 Å². The molecule has 3 rings (SSSR count). The van der Waals surface area contributed by atoms with Crippen LogP contribution in [-0.4, -0.2) is 24.8 Å². The molecule has 0 unspecified atom stereocenters. The monoisotopic (exact) mass is 280 g/mol. The molecule has 1 fully saturated rings. The first kappa shape index (κ1) is 13.6. The summed E-state index contributed by atoms with van der Waals surface area (Å²) in [6.07, 6.45) is 6.09. The largest absolute Gasteiger partial charge is 0.379 e. The molecule has 21 heavy (non-hydrogen) atoms. The standard InChI is InChI=1S/C17H20N4/c1-18-17-13-19-9-8-16(17)20-12-14-4-6-15(7-5-14)21-10-2-3-11-21/h4-9,13H,1-3,10-12H2,(H,19,20). The molecule has 0 saturated carbocycles. The first-order valence-corrected chi connectivity index (χ1v) is 7.35. The zero-order chi connectivity index (χ0) is 14.5. The first-order chi connectivity index (χ1) is 10.4. The molecule has 1 aliphatic rings. The number of hydrogen-bond donors (Lipinski definition) is 1. The van der Waals surface area contributed by atoms with Gasteiger partial charge < -0.3 is 10.2 Å². The molecule has 1 aromatic heterocycles. The number of hydrogen-bond acceptors (Lipinski definition) is 4. The van der Waals surface area contributed by atoms with Gasteiger partial charge in [-0.2, -0.15) is 0 Å². The van der Waals surface area contributed by atoms with Crippen molar-refractivity contribution in [3.63, 3.8) is 0 Å². The molecular weight excluding hydrogens is 260 g/mol. The highest BCUT2D eigenvalue weighted by Crippen LogP contribution is 2.24. The summed E-state index contributed by atoms with van der Waals surface area (Å²) in [7, 11) is 0. The minimum Gasteiger partial charge on any atom is -0.379 e. The van der Waals surface area contributed by atoms with Gasteiger partial charge in [0.1, 0.15) is 5.69 Å². The fourth-order valence-electron chi connectivity index (χ4n) is 2.66. The summed E-state index contributed by atoms with van der Waals surface area (Å²) in [6.45, 7) is 6.70. The highest BCUT2D eigenvalue weighted by atomic mass is 15.1. The molecule has 2 aromatic rings. The molecular formula is C17H20N4. The van der Waals surface area contributed by atoms with Crippen LogP contribution >= 0.6 is 0 Å². The van der Waals surface area contributed by atoms with E-state index in [1.54, 1.807) is 12.4 Å². The Morgan fingerprint density at radius 3 is 2.62 bits per heavy atom. The van der Waals surface area contributed by atoms with Gasteiger partial charge in [0.2, 0.25) is 0 Å². The number of anilines is 2. The lowest BCUT2D eigenvalue weighted by molar-refractivity contribution is 0.949. The zero-order valence-corrected chi connectivity index (χ0v) is 12.1. The fraction of sp³-hybridized carbons (Fsp3) is 0.294. The summed E-state index contributed by atoms with van der Waals surface area (Å²) in [5, 5.41) is 3.38. The van der Waals surface area contributed by atoms with Gasteiger partial charge in [0, 0.05) is 31.5 Å². The third kappa shape index (κ3) is 3.21. The summed E-state index contributed by atoms with van der Waals surface area (Å²) < 4.78 is 0. The van der Waals surface area contributed by atoms with E-state index in [0.29, 0.717) is 0 Å². The van der Waals surface area contributed by atoms with E-state index in [1.165, 1.54) is 37.2 Å². The summed E-state index contributed by atoms with van der Waals surface area (Å²) in [4.78, 5) is 10.5. The summed E-state index contributed by atoms with van der Waals surface area (Å²) in [6, 6.07) is 10.7. The molecule has 4 heteroatoms. The van der Waals surface area contributed by atoms with Crippen molar-refractivity contribution in [2.75, 3.05) is 23.3 Å². The van der Waals surface area contributed by atoms with Gasteiger partial charge in [-0.25, -0.2) is 0 Å². The zero-order valence-electron chi connectivity index (χ0n) is 12.1. The molecule has 1 aliphatic heterocycles. The topological polar surface area (TPSA) is 40.5 Å². The van der Waals surface area contributed by atoms with Crippen LogP contribution < -0.4 is 10.2 Å². The first-order valence-electron chi connectivity index (χ1n) is 7.35. The maximum Gasteiger partial charge on any atom is 0.104 e. The summed E-state index contributed by atoms with van der Waals surface area (Å²) in [5.41, 5.74) is 4.33. The number of nitrogens with one attached hydrogen (secondary N) is 1. The van der Waals surface area contributed by atoms with Crippen LogP contribution in [0.2, 0.25) is 0 Å². The third-order valence-corrected chi connectivity index (χ3v) is 3.86. The van der Waals surface area contributed by atoms with Crippen LogP contribution in [0, 0.1) is 0 Å². The van der Waals surface area contributed by atoms with Gasteiger partial charge >= 0.3 is 0 Å². The van der Waals surface area contributed by atoms with Gasteiger partial charge in [-0.05, 0) is 43.3 Å². The normalized spacial score (nSPS) is 14.2. The van der Waals surface area contributed by atoms with E-state index >= 15 is 0 Å². The lowest BCUT2D eigenvalue weighted by atomic mass is 10.2. The minimum atomic E-state index is 0.771. The van der Waals surface area contributed by atoms with Gasteiger partial charge in [-0.15, -0.1) is 0 Å². The van der Waals surface area contributed by atoms with E-state index in [2.05, 4.69) is 51.2 Å². The van der Waals surface area contributed by atoms with Crippen molar-refractivity contribution in [1.29, 1.82) is 0 Å². The Labute approximate surface area is 125 Å². The Morgan fingerprint density at radius 1 is 1.14 bits per heavy atom. The van der Waals surface area contributed by atoms with Crippen molar-refractivity contribution >= 4 is 23.8 Å². The molecule has 0 aliphatic carbocycles. The van der Waals surface area contributed by atoms with E-state index in [9.17, 15) is 0 Å². The molecule has 1 saturated heterocycles. The molecule has 0 atom stereocenters. The molecule has 1 aromatic carbocycles. The van der Waals surface area contributed by atoms with Crippen molar-refractivity contribution < 1.29 is 0 Å². The molecule has 0 amide bonds. The average molecular weight is 280 g/mol.